The second-order valence-corrected chi connectivity index (χ2v) is 12.9. The minimum Gasteiger partial charge on any atom is -0.496 e. The fourth-order valence-electron chi connectivity index (χ4n) is 5.83. The monoisotopic (exact) mass is 705 g/mol. The van der Waals surface area contributed by atoms with E-state index in [1.54, 1.807) is 30.0 Å². The average molecular weight is 707 g/mol. The Morgan fingerprint density at radius 1 is 1.07 bits per heavy atom. The zero-order chi connectivity index (χ0) is 31.8. The van der Waals surface area contributed by atoms with Crippen molar-refractivity contribution in [3.05, 3.63) is 124 Å². The van der Waals surface area contributed by atoms with Gasteiger partial charge in [-0.2, -0.15) is 0 Å². The predicted molar refractivity (Wildman–Crippen MR) is 178 cm³/mol. The number of rotatable bonds is 8. The Hall–Kier alpha value is -3.99. The minimum absolute atomic E-state index is 0.146. The van der Waals surface area contributed by atoms with Crippen LogP contribution in [0.5, 0.6) is 5.75 Å². The average Bonchev–Trinajstić information content (AvgIpc) is 3.48. The molecule has 0 saturated heterocycles. The largest absolute Gasteiger partial charge is 0.496 e. The van der Waals surface area contributed by atoms with Crippen molar-refractivity contribution in [1.82, 2.24) is 4.57 Å². The van der Waals surface area contributed by atoms with Crippen LogP contribution >= 0.6 is 38.9 Å². The summed E-state index contributed by atoms with van der Waals surface area (Å²) in [6.07, 6.45) is 1.18. The number of carbonyl (C=O) groups is 2. The predicted octanol–water partition coefficient (Wildman–Crippen LogP) is 5.92. The van der Waals surface area contributed by atoms with Gasteiger partial charge < -0.3 is 14.4 Å². The van der Waals surface area contributed by atoms with Gasteiger partial charge in [0.2, 0.25) is 0 Å². The number of ether oxygens (including phenoxy) is 2. The minimum atomic E-state index is -0.941. The highest BCUT2D eigenvalue weighted by Crippen LogP contribution is 2.40. The van der Waals surface area contributed by atoms with Crippen LogP contribution in [0, 0.1) is 0 Å². The summed E-state index contributed by atoms with van der Waals surface area (Å²) < 4.78 is 13.7. The maximum absolute atomic E-state index is 14.6. The van der Waals surface area contributed by atoms with Crippen molar-refractivity contribution >= 4 is 62.0 Å². The molecular weight excluding hydrogens is 678 g/mol. The molecule has 1 aromatic heterocycles. The van der Waals surface area contributed by atoms with Crippen molar-refractivity contribution in [1.29, 1.82) is 0 Å². The Kier molecular flexibility index (Phi) is 8.81. The highest BCUT2D eigenvalue weighted by Gasteiger charge is 2.39. The Morgan fingerprint density at radius 3 is 2.56 bits per heavy atom. The third-order valence-electron chi connectivity index (χ3n) is 7.74. The summed E-state index contributed by atoms with van der Waals surface area (Å²) in [4.78, 5) is 49.4. The van der Waals surface area contributed by atoms with Gasteiger partial charge >= 0.3 is 5.97 Å². The van der Waals surface area contributed by atoms with Crippen molar-refractivity contribution < 1.29 is 19.1 Å². The number of carbonyl (C=O) groups excluding carboxylic acids is 2. The number of amides is 1. The van der Waals surface area contributed by atoms with E-state index in [0.29, 0.717) is 63.0 Å². The molecule has 4 aromatic rings. The topological polar surface area (TPSA) is 90.2 Å². The summed E-state index contributed by atoms with van der Waals surface area (Å²) in [6.45, 7) is 4.20. The zero-order valence-electron chi connectivity index (χ0n) is 24.8. The van der Waals surface area contributed by atoms with Crippen LogP contribution in [0.4, 0.5) is 5.69 Å². The Labute approximate surface area is 277 Å². The Bertz CT molecular complexity index is 2050. The van der Waals surface area contributed by atoms with Crippen molar-refractivity contribution in [2.24, 2.45) is 4.99 Å². The van der Waals surface area contributed by atoms with Gasteiger partial charge in [0.15, 0.2) is 4.80 Å². The van der Waals surface area contributed by atoms with E-state index >= 15 is 0 Å². The molecule has 0 fully saturated rings. The first-order chi connectivity index (χ1) is 21.8. The van der Waals surface area contributed by atoms with Gasteiger partial charge in [-0.05, 0) is 55.3 Å². The van der Waals surface area contributed by atoms with E-state index in [-0.39, 0.29) is 22.6 Å². The molecule has 3 aromatic carbocycles. The number of thiazole rings is 1. The highest BCUT2D eigenvalue weighted by atomic mass is 79.9. The van der Waals surface area contributed by atoms with Gasteiger partial charge in [-0.3, -0.25) is 14.2 Å². The molecule has 0 radical (unpaired) electrons. The number of anilines is 1. The molecule has 0 aliphatic carbocycles. The molecule has 8 nitrogen and oxygen atoms in total. The molecule has 0 unspecified atom stereocenters. The molecule has 230 valence electrons. The third kappa shape index (κ3) is 5.55. The number of nitrogens with zero attached hydrogens (tertiary/aromatic N) is 3. The van der Waals surface area contributed by atoms with Crippen LogP contribution in [-0.4, -0.2) is 30.2 Å². The van der Waals surface area contributed by atoms with Gasteiger partial charge in [-0.1, -0.05) is 82.5 Å². The van der Waals surface area contributed by atoms with Crippen LogP contribution in [0.3, 0.4) is 0 Å². The van der Waals surface area contributed by atoms with Gasteiger partial charge in [0.05, 0.1) is 42.8 Å². The molecule has 2 aliphatic heterocycles. The summed E-state index contributed by atoms with van der Waals surface area (Å²) in [5.74, 6) is -0.412. The SMILES string of the molecule is CCCC1=C(C(=O)OCC)[C@@H](c2cc(Cl)ccc2OC)n2c(s/c(=C3/C(=O)N(Cc4ccccc4)c4ccc(Br)cc43)c2=O)=N1. The summed E-state index contributed by atoms with van der Waals surface area (Å²) >= 11 is 11.2. The van der Waals surface area contributed by atoms with E-state index in [1.165, 1.54) is 11.7 Å². The number of aromatic nitrogens is 1. The number of fused-ring (bicyclic) bond motifs is 2. The lowest BCUT2D eigenvalue weighted by Crippen LogP contribution is -2.41. The molecule has 45 heavy (non-hydrogen) atoms. The lowest BCUT2D eigenvalue weighted by Gasteiger charge is -2.27. The second kappa shape index (κ2) is 12.8. The van der Waals surface area contributed by atoms with Crippen molar-refractivity contribution in [3.63, 3.8) is 0 Å². The molecule has 1 atom stereocenters. The fraction of sp³-hybridized carbons (Fsp3) is 0.235. The molecule has 1 amide bonds. The van der Waals surface area contributed by atoms with Gasteiger partial charge in [0.1, 0.15) is 16.3 Å². The van der Waals surface area contributed by atoms with Crippen LogP contribution in [0.1, 0.15) is 49.4 Å². The van der Waals surface area contributed by atoms with Crippen molar-refractivity contribution in [2.45, 2.75) is 39.3 Å². The number of hydrogen-bond acceptors (Lipinski definition) is 7. The van der Waals surface area contributed by atoms with Crippen LogP contribution in [0.25, 0.3) is 5.57 Å². The highest BCUT2D eigenvalue weighted by molar-refractivity contribution is 9.10. The second-order valence-electron chi connectivity index (χ2n) is 10.5. The summed E-state index contributed by atoms with van der Waals surface area (Å²) in [5.41, 5.74) is 3.44. The van der Waals surface area contributed by atoms with E-state index in [0.717, 1.165) is 21.4 Å². The standard InChI is InChI=1S/C34H29BrClN3O5S/c1-4-9-24-28(33(42)44-5-2)29(23-17-21(36)13-15-26(23)43-3)39-32(41)30(45-34(39)37-24)27-22-16-20(35)12-14-25(22)38(31(27)40)18-19-10-7-6-8-11-19/h6-8,10-17,29H,4-5,9,18H2,1-3H3/b30-27+/t29-/m1/s1. The first kappa shape index (κ1) is 31.0. The van der Waals surface area contributed by atoms with Gasteiger partial charge in [-0.25, -0.2) is 9.79 Å². The van der Waals surface area contributed by atoms with Crippen molar-refractivity contribution in [3.8, 4) is 5.75 Å². The van der Waals surface area contributed by atoms with Crippen LogP contribution in [0.2, 0.25) is 5.02 Å². The quantitative estimate of drug-likeness (QED) is 0.212. The Morgan fingerprint density at radius 2 is 1.84 bits per heavy atom. The van der Waals surface area contributed by atoms with Crippen LogP contribution < -0.4 is 24.5 Å². The molecule has 0 bridgehead atoms. The van der Waals surface area contributed by atoms with Gasteiger partial charge in [0, 0.05) is 20.6 Å². The van der Waals surface area contributed by atoms with Gasteiger partial charge in [0.25, 0.3) is 11.5 Å². The molecule has 2 aliphatic rings. The lowest BCUT2D eigenvalue weighted by molar-refractivity contribution is -0.139. The molecule has 0 saturated carbocycles. The van der Waals surface area contributed by atoms with E-state index in [4.69, 9.17) is 26.1 Å². The summed E-state index contributed by atoms with van der Waals surface area (Å²) in [7, 11) is 1.52. The molecular formula is C34H29BrClN3O5S. The van der Waals surface area contributed by atoms with E-state index in [2.05, 4.69) is 15.9 Å². The first-order valence-electron chi connectivity index (χ1n) is 14.5. The lowest BCUT2D eigenvalue weighted by atomic mass is 9.93. The maximum atomic E-state index is 14.6. The normalized spacial score (nSPS) is 16.8. The Balaban J connectivity index is 1.65. The molecule has 0 spiro atoms. The molecule has 11 heteroatoms. The molecule has 0 N–H and O–H groups in total. The smallest absolute Gasteiger partial charge is 0.338 e. The zero-order valence-corrected chi connectivity index (χ0v) is 28.0. The third-order valence-corrected chi connectivity index (χ3v) is 9.52. The number of halogens is 2. The van der Waals surface area contributed by atoms with Crippen molar-refractivity contribution in [2.75, 3.05) is 18.6 Å². The maximum Gasteiger partial charge on any atom is 0.338 e. The number of benzene rings is 3. The van der Waals surface area contributed by atoms with E-state index in [1.807, 2.05) is 55.5 Å². The number of allylic oxidation sites excluding steroid dienone is 1. The summed E-state index contributed by atoms with van der Waals surface area (Å²) in [5, 5.41) is 0.411. The van der Waals surface area contributed by atoms with Crippen LogP contribution in [0.15, 0.2) is 92.3 Å². The number of methoxy groups -OCH3 is 1. The van der Waals surface area contributed by atoms with E-state index < -0.39 is 17.6 Å². The van der Waals surface area contributed by atoms with E-state index in [9.17, 15) is 14.4 Å². The van der Waals surface area contributed by atoms with Gasteiger partial charge in [-0.15, -0.1) is 0 Å². The number of hydrogen-bond donors (Lipinski definition) is 0. The summed E-state index contributed by atoms with van der Waals surface area (Å²) in [6, 6.07) is 19.4. The molecule has 6 rings (SSSR count). The van der Waals surface area contributed by atoms with Crippen LogP contribution in [-0.2, 0) is 20.9 Å². The first-order valence-corrected chi connectivity index (χ1v) is 16.5. The molecule has 3 heterocycles. The number of esters is 1. The fourth-order valence-corrected chi connectivity index (χ4v) is 7.48.